The van der Waals surface area contributed by atoms with Crippen LogP contribution < -0.4 is 10.6 Å². The van der Waals surface area contributed by atoms with Crippen molar-refractivity contribution in [2.75, 3.05) is 32.7 Å². The van der Waals surface area contributed by atoms with Crippen LogP contribution in [0.1, 0.15) is 39.5 Å². The number of hydrogen-bond donors (Lipinski definition) is 2. The Bertz CT molecular complexity index is 289. The zero-order chi connectivity index (χ0) is 13.7. The third-order valence-electron chi connectivity index (χ3n) is 4.45. The van der Waals surface area contributed by atoms with Crippen molar-refractivity contribution < 1.29 is 4.79 Å². The van der Waals surface area contributed by atoms with E-state index in [0.29, 0.717) is 11.8 Å². The van der Waals surface area contributed by atoms with Crippen LogP contribution in [0.2, 0.25) is 0 Å². The fraction of sp³-hybridized carbons (Fsp3) is 0.933. The lowest BCUT2D eigenvalue weighted by Gasteiger charge is -2.29. The van der Waals surface area contributed by atoms with Gasteiger partial charge in [0.2, 0.25) is 5.91 Å². The van der Waals surface area contributed by atoms with Crippen LogP contribution >= 0.6 is 0 Å². The van der Waals surface area contributed by atoms with Gasteiger partial charge in [0.1, 0.15) is 0 Å². The molecule has 2 rings (SSSR count). The minimum absolute atomic E-state index is 0.0211. The third-order valence-corrected chi connectivity index (χ3v) is 4.45. The van der Waals surface area contributed by atoms with E-state index in [1.807, 2.05) is 0 Å². The van der Waals surface area contributed by atoms with Gasteiger partial charge in [0.05, 0.1) is 6.04 Å². The Labute approximate surface area is 117 Å². The van der Waals surface area contributed by atoms with E-state index in [1.165, 1.54) is 32.4 Å². The summed E-state index contributed by atoms with van der Waals surface area (Å²) in [6.07, 6.45) is 5.02. The number of piperidine rings is 1. The zero-order valence-corrected chi connectivity index (χ0v) is 12.5. The predicted octanol–water partition coefficient (Wildman–Crippen LogP) is 1.22. The van der Waals surface area contributed by atoms with Crippen LogP contribution in [-0.4, -0.2) is 49.6 Å². The minimum atomic E-state index is 0.0211. The molecule has 0 radical (unpaired) electrons. The van der Waals surface area contributed by atoms with Gasteiger partial charge in [0, 0.05) is 13.1 Å². The van der Waals surface area contributed by atoms with Gasteiger partial charge in [0.15, 0.2) is 0 Å². The highest BCUT2D eigenvalue weighted by Gasteiger charge is 2.27. The summed E-state index contributed by atoms with van der Waals surface area (Å²) in [4.78, 5) is 14.7. The van der Waals surface area contributed by atoms with Crippen molar-refractivity contribution in [1.82, 2.24) is 15.5 Å². The van der Waals surface area contributed by atoms with Crippen LogP contribution in [0.3, 0.4) is 0 Å². The summed E-state index contributed by atoms with van der Waals surface area (Å²) in [6, 6.07) is 0.0211. The molecule has 0 aromatic heterocycles. The summed E-state index contributed by atoms with van der Waals surface area (Å²) >= 11 is 0. The largest absolute Gasteiger partial charge is 0.354 e. The Kier molecular flexibility index (Phi) is 5.64. The topological polar surface area (TPSA) is 44.4 Å². The van der Waals surface area contributed by atoms with E-state index in [0.717, 1.165) is 26.1 Å². The van der Waals surface area contributed by atoms with Crippen molar-refractivity contribution in [1.29, 1.82) is 0 Å². The lowest BCUT2D eigenvalue weighted by molar-refractivity contribution is -0.125. The molecular weight excluding hydrogens is 238 g/mol. The quantitative estimate of drug-likeness (QED) is 0.787. The Morgan fingerprint density at radius 1 is 1.37 bits per heavy atom. The lowest BCUT2D eigenvalue weighted by atomic mass is 9.92. The first-order chi connectivity index (χ1) is 9.16. The number of rotatable bonds is 5. The highest BCUT2D eigenvalue weighted by molar-refractivity contribution is 5.82. The van der Waals surface area contributed by atoms with Gasteiger partial charge in [-0.3, -0.25) is 4.79 Å². The van der Waals surface area contributed by atoms with E-state index in [2.05, 4.69) is 29.4 Å². The molecular formula is C15H29N3O. The Hall–Kier alpha value is -0.610. The van der Waals surface area contributed by atoms with Crippen molar-refractivity contribution in [3.8, 4) is 0 Å². The van der Waals surface area contributed by atoms with E-state index in [4.69, 9.17) is 0 Å². The smallest absolute Gasteiger partial charge is 0.237 e. The van der Waals surface area contributed by atoms with Crippen molar-refractivity contribution >= 4 is 5.91 Å². The van der Waals surface area contributed by atoms with Gasteiger partial charge in [-0.1, -0.05) is 13.8 Å². The van der Waals surface area contributed by atoms with Crippen LogP contribution in [0.5, 0.6) is 0 Å². The first-order valence-corrected chi connectivity index (χ1v) is 7.90. The molecule has 2 fully saturated rings. The molecule has 19 heavy (non-hydrogen) atoms. The van der Waals surface area contributed by atoms with Crippen LogP contribution in [0.25, 0.3) is 0 Å². The number of hydrogen-bond acceptors (Lipinski definition) is 3. The summed E-state index contributed by atoms with van der Waals surface area (Å²) < 4.78 is 0. The molecule has 2 N–H and O–H groups in total. The van der Waals surface area contributed by atoms with Gasteiger partial charge in [-0.25, -0.2) is 0 Å². The molecule has 3 atom stereocenters. The number of likely N-dealkylation sites (tertiary alicyclic amines) is 1. The van der Waals surface area contributed by atoms with Crippen molar-refractivity contribution in [3.05, 3.63) is 0 Å². The van der Waals surface area contributed by atoms with Gasteiger partial charge >= 0.3 is 0 Å². The Morgan fingerprint density at radius 2 is 2.11 bits per heavy atom. The van der Waals surface area contributed by atoms with Crippen molar-refractivity contribution in [2.45, 2.75) is 45.6 Å². The van der Waals surface area contributed by atoms with E-state index in [-0.39, 0.29) is 11.9 Å². The fourth-order valence-corrected chi connectivity index (χ4v) is 3.26. The van der Waals surface area contributed by atoms with Gasteiger partial charge in [0.25, 0.3) is 0 Å². The van der Waals surface area contributed by atoms with Crippen LogP contribution in [0.15, 0.2) is 0 Å². The molecule has 2 saturated heterocycles. The minimum Gasteiger partial charge on any atom is -0.354 e. The average Bonchev–Trinajstić information content (AvgIpc) is 2.89. The third kappa shape index (κ3) is 4.46. The second kappa shape index (κ2) is 7.25. The average molecular weight is 267 g/mol. The highest BCUT2D eigenvalue weighted by Crippen LogP contribution is 2.15. The molecule has 0 bridgehead atoms. The van der Waals surface area contributed by atoms with Crippen molar-refractivity contribution in [2.24, 2.45) is 11.8 Å². The van der Waals surface area contributed by atoms with Gasteiger partial charge in [-0.15, -0.1) is 0 Å². The highest BCUT2D eigenvalue weighted by atomic mass is 16.2. The normalized spacial score (nSPS) is 30.2. The molecule has 0 aromatic rings. The number of carbonyl (C=O) groups excluding carboxylic acids is 1. The Morgan fingerprint density at radius 3 is 2.79 bits per heavy atom. The van der Waals surface area contributed by atoms with E-state index in [1.54, 1.807) is 0 Å². The number of nitrogens with zero attached hydrogens (tertiary/aromatic N) is 1. The molecule has 2 heterocycles. The maximum absolute atomic E-state index is 12.2. The molecule has 0 aromatic carbocycles. The summed E-state index contributed by atoms with van der Waals surface area (Å²) in [5.74, 6) is 1.20. The fourth-order valence-electron chi connectivity index (χ4n) is 3.26. The Balaban J connectivity index is 1.67. The standard InChI is InChI=1S/C15H29N3O/c1-12(11-18-8-3-4-9-18)10-17-15(19)14-13(2)6-5-7-16-14/h12-14,16H,3-11H2,1-2H3,(H,17,19). The number of carbonyl (C=O) groups is 1. The molecule has 3 unspecified atom stereocenters. The summed E-state index contributed by atoms with van der Waals surface area (Å²) in [6.45, 7) is 9.78. The molecule has 0 spiro atoms. The molecule has 4 heteroatoms. The summed E-state index contributed by atoms with van der Waals surface area (Å²) in [7, 11) is 0. The maximum Gasteiger partial charge on any atom is 0.237 e. The molecule has 2 aliphatic heterocycles. The van der Waals surface area contributed by atoms with Gasteiger partial charge in [-0.2, -0.15) is 0 Å². The molecule has 4 nitrogen and oxygen atoms in total. The maximum atomic E-state index is 12.2. The van der Waals surface area contributed by atoms with E-state index >= 15 is 0 Å². The van der Waals surface area contributed by atoms with E-state index in [9.17, 15) is 4.79 Å². The predicted molar refractivity (Wildman–Crippen MR) is 78.0 cm³/mol. The SMILES string of the molecule is CC(CNC(=O)C1NCCCC1C)CN1CCCC1. The first-order valence-electron chi connectivity index (χ1n) is 7.90. The molecule has 0 aliphatic carbocycles. The molecule has 1 amide bonds. The second-order valence-corrected chi connectivity index (χ2v) is 6.41. The second-order valence-electron chi connectivity index (χ2n) is 6.41. The van der Waals surface area contributed by atoms with E-state index < -0.39 is 0 Å². The van der Waals surface area contributed by atoms with Crippen LogP contribution in [-0.2, 0) is 4.79 Å². The number of amides is 1. The van der Waals surface area contributed by atoms with Gasteiger partial charge < -0.3 is 15.5 Å². The van der Waals surface area contributed by atoms with Gasteiger partial charge in [-0.05, 0) is 57.2 Å². The first kappa shape index (κ1) is 14.8. The molecule has 110 valence electrons. The molecule has 2 aliphatic rings. The zero-order valence-electron chi connectivity index (χ0n) is 12.5. The van der Waals surface area contributed by atoms with Crippen molar-refractivity contribution in [3.63, 3.8) is 0 Å². The lowest BCUT2D eigenvalue weighted by Crippen LogP contribution is -2.51. The number of nitrogens with one attached hydrogen (secondary N) is 2. The monoisotopic (exact) mass is 267 g/mol. The molecule has 0 saturated carbocycles. The summed E-state index contributed by atoms with van der Waals surface area (Å²) in [5, 5.41) is 6.47. The van der Waals surface area contributed by atoms with Crippen LogP contribution in [0.4, 0.5) is 0 Å². The summed E-state index contributed by atoms with van der Waals surface area (Å²) in [5.41, 5.74) is 0. The van der Waals surface area contributed by atoms with Crippen LogP contribution in [0, 0.1) is 11.8 Å².